The number of nitriles is 1. The lowest BCUT2D eigenvalue weighted by Gasteiger charge is -2.42. The first-order chi connectivity index (χ1) is 16.7. The molecule has 0 bridgehead atoms. The van der Waals surface area contributed by atoms with Crippen LogP contribution in [0.2, 0.25) is 0 Å². The molecule has 1 aliphatic carbocycles. The zero-order valence-electron chi connectivity index (χ0n) is 20.1. The van der Waals surface area contributed by atoms with Crippen molar-refractivity contribution in [3.63, 3.8) is 0 Å². The molecule has 1 aromatic heterocycles. The molecule has 1 atom stereocenters. The largest absolute Gasteiger partial charge is 0.465 e. The maximum Gasteiger partial charge on any atom is 0.337 e. The second-order valence-corrected chi connectivity index (χ2v) is 11.6. The Morgan fingerprint density at radius 1 is 1.31 bits per heavy atom. The number of nitrogens with zero attached hydrogens (tertiary/aromatic N) is 4. The van der Waals surface area contributed by atoms with Crippen LogP contribution in [0.1, 0.15) is 61.9 Å². The molecule has 0 radical (unpaired) electrons. The third-order valence-electron chi connectivity index (χ3n) is 6.06. The van der Waals surface area contributed by atoms with Crippen LogP contribution in [0.15, 0.2) is 51.3 Å². The Bertz CT molecular complexity index is 1270. The maximum atomic E-state index is 13.6. The van der Waals surface area contributed by atoms with Gasteiger partial charge in [-0.15, -0.1) is 10.2 Å². The highest BCUT2D eigenvalue weighted by Gasteiger charge is 2.45. The number of allylic oxidation sites excluding steroid dienone is 3. The number of benzene rings is 1. The van der Waals surface area contributed by atoms with Crippen LogP contribution in [0.25, 0.3) is 0 Å². The summed E-state index contributed by atoms with van der Waals surface area (Å²) in [5, 5.41) is 19.4. The minimum atomic E-state index is -0.622. The normalized spacial score (nSPS) is 19.5. The lowest BCUT2D eigenvalue weighted by atomic mass is 9.68. The number of ketones is 1. The van der Waals surface area contributed by atoms with Gasteiger partial charge < -0.3 is 10.5 Å². The molecule has 1 aromatic carbocycles. The predicted molar refractivity (Wildman–Crippen MR) is 136 cm³/mol. The molecule has 0 amide bonds. The summed E-state index contributed by atoms with van der Waals surface area (Å²) < 4.78 is 5.61. The van der Waals surface area contributed by atoms with Gasteiger partial charge in [0.05, 0.1) is 30.2 Å². The van der Waals surface area contributed by atoms with Crippen molar-refractivity contribution in [2.24, 2.45) is 11.1 Å². The summed E-state index contributed by atoms with van der Waals surface area (Å²) in [5.74, 6) is 0.0800. The van der Waals surface area contributed by atoms with Gasteiger partial charge >= 0.3 is 5.97 Å². The Balaban J connectivity index is 1.87. The topological polar surface area (TPSA) is 122 Å². The van der Waals surface area contributed by atoms with Gasteiger partial charge in [0.15, 0.2) is 10.1 Å². The van der Waals surface area contributed by atoms with Gasteiger partial charge in [-0.05, 0) is 36.0 Å². The number of ether oxygens (including phenoxy) is 1. The third-order valence-corrected chi connectivity index (χ3v) is 8.31. The van der Waals surface area contributed by atoms with Crippen LogP contribution < -0.4 is 10.6 Å². The van der Waals surface area contributed by atoms with E-state index in [9.17, 15) is 14.9 Å². The summed E-state index contributed by atoms with van der Waals surface area (Å²) >= 11 is 3.02. The summed E-state index contributed by atoms with van der Waals surface area (Å²) in [6.45, 7) is 6.20. The molecule has 0 saturated carbocycles. The highest BCUT2D eigenvalue weighted by molar-refractivity contribution is 8.01. The van der Waals surface area contributed by atoms with Gasteiger partial charge in [0, 0.05) is 23.4 Å². The summed E-state index contributed by atoms with van der Waals surface area (Å²) in [6.07, 6.45) is 1.97. The summed E-state index contributed by atoms with van der Waals surface area (Å²) in [5.41, 5.74) is 9.06. The molecule has 10 heteroatoms. The number of Topliss-reactive ketones (excluding diaryl/α,β-unsaturated/α-hetero) is 1. The molecule has 4 rings (SSSR count). The second-order valence-electron chi connectivity index (χ2n) is 9.29. The van der Waals surface area contributed by atoms with E-state index < -0.39 is 11.9 Å². The van der Waals surface area contributed by atoms with Crippen molar-refractivity contribution in [3.05, 3.63) is 58.1 Å². The lowest BCUT2D eigenvalue weighted by molar-refractivity contribution is -0.118. The first-order valence-electron chi connectivity index (χ1n) is 11.3. The quantitative estimate of drug-likeness (QED) is 0.433. The van der Waals surface area contributed by atoms with Gasteiger partial charge in [0.1, 0.15) is 5.82 Å². The minimum Gasteiger partial charge on any atom is -0.465 e. The maximum absolute atomic E-state index is 13.6. The molecular formula is C25H27N5O3S2. The van der Waals surface area contributed by atoms with Crippen molar-refractivity contribution in [1.29, 1.82) is 5.26 Å². The highest BCUT2D eigenvalue weighted by Crippen LogP contribution is 2.50. The Morgan fingerprint density at radius 2 is 2.03 bits per heavy atom. The molecule has 0 saturated heterocycles. The second kappa shape index (κ2) is 9.84. The Hall–Kier alpha value is -3.16. The van der Waals surface area contributed by atoms with Crippen LogP contribution >= 0.6 is 23.1 Å². The summed E-state index contributed by atoms with van der Waals surface area (Å²) in [4.78, 5) is 27.2. The average Bonchev–Trinajstić information content (AvgIpc) is 3.29. The Labute approximate surface area is 212 Å². The highest BCUT2D eigenvalue weighted by atomic mass is 32.2. The van der Waals surface area contributed by atoms with Gasteiger partial charge in [-0.2, -0.15) is 5.26 Å². The van der Waals surface area contributed by atoms with E-state index in [2.05, 4.69) is 37.0 Å². The standard InChI is InChI=1S/C25H27N5O3S2/c1-5-10-34-24-29-28-23(35-24)30-17-11-25(2,3)12-18(31)20(17)19(16(13-26)21(30)27)14-6-8-15(9-7-14)22(32)33-4/h6-9,19H,5,10-12,27H2,1-4H3. The van der Waals surface area contributed by atoms with Gasteiger partial charge in [0.2, 0.25) is 5.13 Å². The van der Waals surface area contributed by atoms with Crippen molar-refractivity contribution < 1.29 is 14.3 Å². The SMILES string of the molecule is CCCSc1nnc(N2C(N)=C(C#N)C(c3ccc(C(=O)OC)cc3)C3=C2CC(C)(C)CC3=O)s1. The van der Waals surface area contributed by atoms with E-state index in [1.54, 1.807) is 40.9 Å². The molecule has 1 unspecified atom stereocenters. The molecule has 2 heterocycles. The zero-order valence-corrected chi connectivity index (χ0v) is 21.8. The van der Waals surface area contributed by atoms with E-state index in [1.165, 1.54) is 18.4 Å². The van der Waals surface area contributed by atoms with Crippen LogP contribution in [-0.4, -0.2) is 34.8 Å². The molecule has 2 aromatic rings. The predicted octanol–water partition coefficient (Wildman–Crippen LogP) is 4.77. The molecule has 2 N–H and O–H groups in total. The van der Waals surface area contributed by atoms with Crippen LogP contribution in [0.3, 0.4) is 0 Å². The zero-order chi connectivity index (χ0) is 25.3. The van der Waals surface area contributed by atoms with Crippen molar-refractivity contribution in [3.8, 4) is 6.07 Å². The number of nitrogens with two attached hydrogens (primary N) is 1. The van der Waals surface area contributed by atoms with Crippen LogP contribution in [-0.2, 0) is 9.53 Å². The molecule has 8 nitrogen and oxygen atoms in total. The fraction of sp³-hybridized carbons (Fsp3) is 0.400. The number of carbonyl (C=O) groups is 2. The van der Waals surface area contributed by atoms with Gasteiger partial charge in [-0.25, -0.2) is 4.79 Å². The number of aromatic nitrogens is 2. The molecule has 0 fully saturated rings. The number of anilines is 1. The van der Waals surface area contributed by atoms with Crippen molar-refractivity contribution in [1.82, 2.24) is 10.2 Å². The number of carbonyl (C=O) groups excluding carboxylic acids is 2. The molecule has 182 valence electrons. The fourth-order valence-corrected chi connectivity index (χ4v) is 6.34. The third kappa shape index (κ3) is 4.70. The molecule has 2 aliphatic rings. The smallest absolute Gasteiger partial charge is 0.337 e. The number of thioether (sulfide) groups is 1. The van der Waals surface area contributed by atoms with E-state index in [4.69, 9.17) is 10.5 Å². The van der Waals surface area contributed by atoms with Crippen molar-refractivity contribution in [2.75, 3.05) is 17.8 Å². The lowest BCUT2D eigenvalue weighted by Crippen LogP contribution is -2.42. The van der Waals surface area contributed by atoms with Gasteiger partial charge in [-0.3, -0.25) is 9.69 Å². The minimum absolute atomic E-state index is 0.0198. The first kappa shape index (κ1) is 24.9. The first-order valence-corrected chi connectivity index (χ1v) is 13.1. The Kier molecular flexibility index (Phi) is 7.01. The van der Waals surface area contributed by atoms with E-state index in [0.29, 0.717) is 34.7 Å². The number of rotatable bonds is 6. The number of methoxy groups -OCH3 is 1. The van der Waals surface area contributed by atoms with Crippen molar-refractivity contribution in [2.45, 2.75) is 50.3 Å². The van der Waals surface area contributed by atoms with E-state index >= 15 is 0 Å². The summed E-state index contributed by atoms with van der Waals surface area (Å²) in [7, 11) is 1.32. The monoisotopic (exact) mass is 509 g/mol. The molecular weight excluding hydrogens is 482 g/mol. The molecule has 1 aliphatic heterocycles. The van der Waals surface area contributed by atoms with Crippen molar-refractivity contribution >= 4 is 40.0 Å². The van der Waals surface area contributed by atoms with E-state index in [-0.39, 0.29) is 22.6 Å². The number of hydrogen-bond donors (Lipinski definition) is 1. The van der Waals surface area contributed by atoms with E-state index in [1.807, 2.05) is 0 Å². The number of hydrogen-bond acceptors (Lipinski definition) is 10. The fourth-order valence-electron chi connectivity index (χ4n) is 4.53. The van der Waals surface area contributed by atoms with Crippen LogP contribution in [0.5, 0.6) is 0 Å². The van der Waals surface area contributed by atoms with Gasteiger partial charge in [0.25, 0.3) is 0 Å². The molecule has 0 spiro atoms. The average molecular weight is 510 g/mol. The number of esters is 1. The van der Waals surface area contributed by atoms with Crippen LogP contribution in [0.4, 0.5) is 5.13 Å². The molecule has 35 heavy (non-hydrogen) atoms. The summed E-state index contributed by atoms with van der Waals surface area (Å²) in [6, 6.07) is 9.02. The Morgan fingerprint density at radius 3 is 2.66 bits per heavy atom. The van der Waals surface area contributed by atoms with Gasteiger partial charge in [-0.1, -0.05) is 56.0 Å². The van der Waals surface area contributed by atoms with Crippen LogP contribution in [0, 0.1) is 16.7 Å². The van der Waals surface area contributed by atoms with E-state index in [0.717, 1.165) is 22.2 Å².